The van der Waals surface area contributed by atoms with Gasteiger partial charge in [-0.1, -0.05) is 36.4 Å². The molecule has 2 aromatic carbocycles. The number of hydrogen-bond donors (Lipinski definition) is 4. The first-order valence-electron chi connectivity index (χ1n) is 9.43. The van der Waals surface area contributed by atoms with Crippen LogP contribution in [-0.4, -0.2) is 58.6 Å². The van der Waals surface area contributed by atoms with E-state index in [1.54, 1.807) is 17.4 Å². The average Bonchev–Trinajstić information content (AvgIpc) is 3.15. The van der Waals surface area contributed by atoms with Crippen LogP contribution in [0.5, 0.6) is 0 Å². The van der Waals surface area contributed by atoms with Gasteiger partial charge in [0.2, 0.25) is 5.79 Å². The highest BCUT2D eigenvalue weighted by molar-refractivity contribution is 7.19. The minimum atomic E-state index is -1.69. The number of hydrogen-bond acceptors (Lipinski definition) is 7. The van der Waals surface area contributed by atoms with Crippen molar-refractivity contribution in [3.05, 3.63) is 70.6 Å². The second kappa shape index (κ2) is 8.12. The molecule has 1 fully saturated rings. The van der Waals surface area contributed by atoms with E-state index in [0.717, 1.165) is 5.56 Å². The third kappa shape index (κ3) is 3.60. The maximum Gasteiger partial charge on any atom is 0.224 e. The Hall–Kier alpha value is -1.84. The van der Waals surface area contributed by atoms with Crippen LogP contribution in [-0.2, 0) is 21.7 Å². The molecule has 4 rings (SSSR count). The zero-order valence-electron chi connectivity index (χ0n) is 15.9. The van der Waals surface area contributed by atoms with Gasteiger partial charge < -0.3 is 29.9 Å². The molecule has 6 nitrogen and oxygen atoms in total. The summed E-state index contributed by atoms with van der Waals surface area (Å²) in [5, 5.41) is 41.7. The summed E-state index contributed by atoms with van der Waals surface area (Å²) in [5.41, 5.74) is 1.50. The molecule has 1 aliphatic heterocycles. The van der Waals surface area contributed by atoms with E-state index >= 15 is 0 Å². The summed E-state index contributed by atoms with van der Waals surface area (Å²) in [6, 6.07) is 17.8. The first kappa shape index (κ1) is 20.4. The molecule has 5 atom stereocenters. The van der Waals surface area contributed by atoms with Crippen LogP contribution in [0.15, 0.2) is 54.6 Å². The highest BCUT2D eigenvalue weighted by Crippen LogP contribution is 2.39. The molecule has 2 heterocycles. The van der Waals surface area contributed by atoms with Crippen LogP contribution in [0, 0.1) is 0 Å². The molecule has 0 amide bonds. The fourth-order valence-corrected chi connectivity index (χ4v) is 4.99. The summed E-state index contributed by atoms with van der Waals surface area (Å²) in [4.78, 5) is 1.20. The van der Waals surface area contributed by atoms with Gasteiger partial charge in [-0.2, -0.15) is 0 Å². The smallest absolute Gasteiger partial charge is 0.224 e. The van der Waals surface area contributed by atoms with Crippen LogP contribution in [0.4, 0.5) is 0 Å². The predicted octanol–water partition coefficient (Wildman–Crippen LogP) is 1.77. The van der Waals surface area contributed by atoms with Crippen molar-refractivity contribution in [2.45, 2.75) is 36.6 Å². The first-order valence-corrected chi connectivity index (χ1v) is 10.2. The first-order chi connectivity index (χ1) is 14.0. The molecule has 4 N–H and O–H groups in total. The van der Waals surface area contributed by atoms with Gasteiger partial charge in [-0.25, -0.2) is 0 Å². The Morgan fingerprint density at radius 2 is 1.83 bits per heavy atom. The van der Waals surface area contributed by atoms with Crippen LogP contribution in [0.25, 0.3) is 10.1 Å². The number of aliphatic hydroxyl groups is 4. The Labute approximate surface area is 172 Å². The summed E-state index contributed by atoms with van der Waals surface area (Å²) >= 11 is 1.73. The normalized spacial score (nSPS) is 30.0. The molecule has 1 aliphatic rings. The van der Waals surface area contributed by atoms with Crippen molar-refractivity contribution in [3.8, 4) is 0 Å². The van der Waals surface area contributed by atoms with E-state index < -0.39 is 36.8 Å². The van der Waals surface area contributed by atoms with E-state index in [9.17, 15) is 20.4 Å². The third-order valence-electron chi connectivity index (χ3n) is 5.44. The summed E-state index contributed by atoms with van der Waals surface area (Å²) in [6.07, 6.45) is -4.85. The van der Waals surface area contributed by atoms with Gasteiger partial charge in [-0.05, 0) is 29.1 Å². The minimum Gasteiger partial charge on any atom is -0.394 e. The lowest BCUT2D eigenvalue weighted by Gasteiger charge is -2.47. The van der Waals surface area contributed by atoms with Crippen molar-refractivity contribution in [2.24, 2.45) is 0 Å². The van der Waals surface area contributed by atoms with E-state index in [1.165, 1.54) is 22.1 Å². The number of fused-ring (bicyclic) bond motifs is 1. The quantitative estimate of drug-likeness (QED) is 0.506. The van der Waals surface area contributed by atoms with Gasteiger partial charge in [0.15, 0.2) is 0 Å². The molecular weight excluding hydrogens is 392 g/mol. The third-order valence-corrected chi connectivity index (χ3v) is 6.55. The molecule has 0 aliphatic carbocycles. The Kier molecular flexibility index (Phi) is 5.72. The lowest BCUT2D eigenvalue weighted by Crippen LogP contribution is -2.64. The fourth-order valence-electron chi connectivity index (χ4n) is 3.89. The summed E-state index contributed by atoms with van der Waals surface area (Å²) in [6.45, 7) is -0.516. The molecule has 0 unspecified atom stereocenters. The number of benzene rings is 2. The van der Waals surface area contributed by atoms with Crippen molar-refractivity contribution in [1.82, 2.24) is 0 Å². The molecule has 1 saturated heterocycles. The molecule has 0 saturated carbocycles. The maximum atomic E-state index is 10.7. The molecule has 0 bridgehead atoms. The van der Waals surface area contributed by atoms with E-state index in [0.29, 0.717) is 12.0 Å². The van der Waals surface area contributed by atoms with Gasteiger partial charge in [0.1, 0.15) is 24.4 Å². The Morgan fingerprint density at radius 1 is 1.03 bits per heavy atom. The molecule has 29 heavy (non-hydrogen) atoms. The largest absolute Gasteiger partial charge is 0.394 e. The molecular formula is C22H24O6S. The van der Waals surface area contributed by atoms with E-state index in [2.05, 4.69) is 18.2 Å². The van der Waals surface area contributed by atoms with Crippen LogP contribution < -0.4 is 0 Å². The maximum absolute atomic E-state index is 10.7. The SMILES string of the molecule is CO[C@@]1(c2cccc(Cc3cc4ccccc4s3)c2)O[C@H](CO)[C@@H](O)[C@H](O)[C@H]1O. The van der Waals surface area contributed by atoms with E-state index in [-0.39, 0.29) is 0 Å². The number of aliphatic hydroxyl groups excluding tert-OH is 4. The Morgan fingerprint density at radius 3 is 2.55 bits per heavy atom. The van der Waals surface area contributed by atoms with Crippen LogP contribution >= 0.6 is 11.3 Å². The fraction of sp³-hybridized carbons (Fsp3) is 0.364. The van der Waals surface area contributed by atoms with E-state index in [4.69, 9.17) is 9.47 Å². The van der Waals surface area contributed by atoms with Crippen LogP contribution in [0.1, 0.15) is 16.0 Å². The van der Waals surface area contributed by atoms with E-state index in [1.807, 2.05) is 30.3 Å². The predicted molar refractivity (Wildman–Crippen MR) is 110 cm³/mol. The summed E-state index contributed by atoms with van der Waals surface area (Å²) < 4.78 is 12.5. The minimum absolute atomic E-state index is 0.510. The molecule has 7 heteroatoms. The van der Waals surface area contributed by atoms with Gasteiger partial charge in [-0.3, -0.25) is 0 Å². The van der Waals surface area contributed by atoms with Crippen molar-refractivity contribution in [3.63, 3.8) is 0 Å². The lowest BCUT2D eigenvalue weighted by molar-refractivity contribution is -0.366. The highest BCUT2D eigenvalue weighted by atomic mass is 32.1. The van der Waals surface area contributed by atoms with Crippen LogP contribution in [0.3, 0.4) is 0 Å². The van der Waals surface area contributed by atoms with Crippen molar-refractivity contribution >= 4 is 21.4 Å². The van der Waals surface area contributed by atoms with Crippen molar-refractivity contribution in [2.75, 3.05) is 13.7 Å². The second-order valence-corrected chi connectivity index (χ2v) is 8.43. The lowest BCUT2D eigenvalue weighted by atomic mass is 9.87. The second-order valence-electron chi connectivity index (χ2n) is 7.26. The molecule has 1 aromatic heterocycles. The topological polar surface area (TPSA) is 99.4 Å². The van der Waals surface area contributed by atoms with Crippen molar-refractivity contribution in [1.29, 1.82) is 0 Å². The Balaban J connectivity index is 1.67. The number of methoxy groups -OCH3 is 1. The zero-order valence-corrected chi connectivity index (χ0v) is 16.7. The molecule has 0 spiro atoms. The number of ether oxygens (including phenoxy) is 2. The van der Waals surface area contributed by atoms with Gasteiger partial charge in [-0.15, -0.1) is 11.3 Å². The monoisotopic (exact) mass is 416 g/mol. The molecule has 3 aromatic rings. The molecule has 0 radical (unpaired) electrons. The summed E-state index contributed by atoms with van der Waals surface area (Å²) in [7, 11) is 1.36. The standard InChI is InChI=1S/C22H24O6S/c1-27-22(21(26)20(25)19(24)17(12-23)28-22)15-7-4-5-13(9-15)10-16-11-14-6-2-3-8-18(14)29-16/h2-9,11,17,19-21,23-26H,10,12H2,1H3/t17-,19-,20+,21-,22+/m1/s1. The highest BCUT2D eigenvalue weighted by Gasteiger charge is 2.55. The van der Waals surface area contributed by atoms with Gasteiger partial charge in [0.25, 0.3) is 0 Å². The molecule has 154 valence electrons. The summed E-state index contributed by atoms with van der Waals surface area (Å²) in [5.74, 6) is -1.69. The van der Waals surface area contributed by atoms with Gasteiger partial charge in [0.05, 0.1) is 6.61 Å². The van der Waals surface area contributed by atoms with Crippen LogP contribution in [0.2, 0.25) is 0 Å². The van der Waals surface area contributed by atoms with Crippen molar-refractivity contribution < 1.29 is 29.9 Å². The van der Waals surface area contributed by atoms with Gasteiger partial charge in [0, 0.05) is 28.7 Å². The van der Waals surface area contributed by atoms with Gasteiger partial charge >= 0.3 is 0 Å². The average molecular weight is 416 g/mol. The Bertz CT molecular complexity index is 953. The zero-order chi connectivity index (χ0) is 20.6. The number of thiophene rings is 1. The number of rotatable bonds is 5.